The normalized spacial score (nSPS) is 18.4. The first kappa shape index (κ1) is 16.3. The topological polar surface area (TPSA) is 58.2 Å². The molecule has 6 heteroatoms. The van der Waals surface area contributed by atoms with Crippen LogP contribution in [0.2, 0.25) is 0 Å². The minimum atomic E-state index is -3.08. The lowest BCUT2D eigenvalue weighted by atomic mass is 10.0. The molecule has 108 valence electrons. The largest absolute Gasteiger partial charge is 0.314 e. The first-order chi connectivity index (χ1) is 8.49. The maximum absolute atomic E-state index is 11.8. The fourth-order valence-corrected chi connectivity index (χ4v) is 4.28. The van der Waals surface area contributed by atoms with Crippen LogP contribution < -0.4 is 10.0 Å². The van der Waals surface area contributed by atoms with Crippen LogP contribution in [0.3, 0.4) is 0 Å². The second kappa shape index (κ2) is 8.40. The van der Waals surface area contributed by atoms with E-state index in [4.69, 9.17) is 0 Å². The molecule has 0 aromatic heterocycles. The van der Waals surface area contributed by atoms with E-state index in [1.54, 1.807) is 0 Å². The summed E-state index contributed by atoms with van der Waals surface area (Å²) in [4.78, 5) is 0. The van der Waals surface area contributed by atoms with E-state index < -0.39 is 10.0 Å². The van der Waals surface area contributed by atoms with Gasteiger partial charge in [-0.2, -0.15) is 11.8 Å². The van der Waals surface area contributed by atoms with Crippen molar-refractivity contribution in [3.05, 3.63) is 0 Å². The fraction of sp³-hybridized carbons (Fsp3) is 1.00. The highest BCUT2D eigenvalue weighted by Crippen LogP contribution is 2.21. The minimum Gasteiger partial charge on any atom is -0.314 e. The van der Waals surface area contributed by atoms with E-state index in [1.165, 1.54) is 11.5 Å². The molecule has 0 amide bonds. The molecule has 0 aromatic carbocycles. The second-order valence-corrected chi connectivity index (χ2v) is 8.34. The Labute approximate surface area is 116 Å². The third-order valence-electron chi connectivity index (χ3n) is 3.08. The number of hydrogen-bond donors (Lipinski definition) is 2. The minimum absolute atomic E-state index is 0.230. The number of sulfonamides is 1. The molecular formula is C12H26N2O2S2. The summed E-state index contributed by atoms with van der Waals surface area (Å²) in [7, 11) is -3.08. The van der Waals surface area contributed by atoms with Gasteiger partial charge in [-0.05, 0) is 43.2 Å². The van der Waals surface area contributed by atoms with Gasteiger partial charge in [-0.1, -0.05) is 13.8 Å². The quantitative estimate of drug-likeness (QED) is 0.665. The van der Waals surface area contributed by atoms with Gasteiger partial charge in [0.2, 0.25) is 10.0 Å². The Balaban J connectivity index is 2.14. The van der Waals surface area contributed by atoms with E-state index in [0.717, 1.165) is 19.4 Å². The zero-order chi connectivity index (χ0) is 13.4. The molecule has 1 aliphatic rings. The van der Waals surface area contributed by atoms with Crippen molar-refractivity contribution in [1.82, 2.24) is 10.0 Å². The molecule has 0 aromatic rings. The molecule has 1 aliphatic heterocycles. The van der Waals surface area contributed by atoms with Crippen molar-refractivity contribution >= 4 is 21.8 Å². The molecule has 0 atom stereocenters. The lowest BCUT2D eigenvalue weighted by Gasteiger charge is -2.21. The van der Waals surface area contributed by atoms with Gasteiger partial charge in [0.05, 0.1) is 5.75 Å². The van der Waals surface area contributed by atoms with Crippen molar-refractivity contribution in [2.24, 2.45) is 5.92 Å². The predicted molar refractivity (Wildman–Crippen MR) is 79.6 cm³/mol. The molecule has 18 heavy (non-hydrogen) atoms. The number of nitrogens with one attached hydrogen (secondary N) is 2. The molecule has 1 fully saturated rings. The first-order valence-electron chi connectivity index (χ1n) is 6.78. The molecule has 0 saturated carbocycles. The summed E-state index contributed by atoms with van der Waals surface area (Å²) < 4.78 is 26.3. The first-order valence-corrected chi connectivity index (χ1v) is 9.59. The Kier molecular flexibility index (Phi) is 7.60. The molecule has 0 aliphatic carbocycles. The Morgan fingerprint density at radius 2 is 1.94 bits per heavy atom. The van der Waals surface area contributed by atoms with Crippen molar-refractivity contribution in [2.45, 2.75) is 39.2 Å². The van der Waals surface area contributed by atoms with Crippen LogP contribution in [0.5, 0.6) is 0 Å². The van der Waals surface area contributed by atoms with Gasteiger partial charge in [-0.15, -0.1) is 0 Å². The van der Waals surface area contributed by atoms with Crippen LogP contribution in [0.25, 0.3) is 0 Å². The average Bonchev–Trinajstić information content (AvgIpc) is 2.34. The smallest absolute Gasteiger partial charge is 0.211 e. The predicted octanol–water partition coefficient (Wildman–Crippen LogP) is 1.44. The van der Waals surface area contributed by atoms with Crippen LogP contribution in [0.4, 0.5) is 0 Å². The molecule has 1 saturated heterocycles. The van der Waals surface area contributed by atoms with E-state index in [0.29, 0.717) is 24.9 Å². The van der Waals surface area contributed by atoms with E-state index in [1.807, 2.05) is 11.8 Å². The van der Waals surface area contributed by atoms with Gasteiger partial charge in [0, 0.05) is 12.6 Å². The van der Waals surface area contributed by atoms with Gasteiger partial charge in [0.1, 0.15) is 0 Å². The van der Waals surface area contributed by atoms with Crippen molar-refractivity contribution in [2.75, 3.05) is 30.3 Å². The number of hydrogen-bond acceptors (Lipinski definition) is 4. The summed E-state index contributed by atoms with van der Waals surface area (Å²) in [6.07, 6.45) is 2.96. The molecular weight excluding hydrogens is 268 g/mol. The Bertz CT molecular complexity index is 312. The van der Waals surface area contributed by atoms with Crippen molar-refractivity contribution in [3.8, 4) is 0 Å². The van der Waals surface area contributed by atoms with Gasteiger partial charge in [-0.25, -0.2) is 13.1 Å². The Morgan fingerprint density at radius 1 is 1.28 bits per heavy atom. The summed E-state index contributed by atoms with van der Waals surface area (Å²) >= 11 is 1.97. The van der Waals surface area contributed by atoms with E-state index >= 15 is 0 Å². The van der Waals surface area contributed by atoms with Crippen molar-refractivity contribution in [1.29, 1.82) is 0 Å². The van der Waals surface area contributed by atoms with Crippen LogP contribution in [-0.4, -0.2) is 44.8 Å². The second-order valence-electron chi connectivity index (χ2n) is 5.19. The summed E-state index contributed by atoms with van der Waals surface area (Å²) in [6.45, 7) is 5.51. The highest BCUT2D eigenvalue weighted by atomic mass is 32.2. The van der Waals surface area contributed by atoms with Crippen molar-refractivity contribution in [3.63, 3.8) is 0 Å². The molecule has 0 unspecified atom stereocenters. The van der Waals surface area contributed by atoms with Gasteiger partial charge >= 0.3 is 0 Å². The number of thioether (sulfide) groups is 1. The summed E-state index contributed by atoms with van der Waals surface area (Å²) in [5.74, 6) is 3.11. The van der Waals surface area contributed by atoms with E-state index in [-0.39, 0.29) is 5.75 Å². The van der Waals surface area contributed by atoms with Crippen LogP contribution in [0, 0.1) is 5.92 Å². The van der Waals surface area contributed by atoms with Crippen LogP contribution in [-0.2, 0) is 10.0 Å². The highest BCUT2D eigenvalue weighted by molar-refractivity contribution is 7.99. The maximum atomic E-state index is 11.8. The summed E-state index contributed by atoms with van der Waals surface area (Å²) in [5, 5.41) is 3.23. The van der Waals surface area contributed by atoms with Gasteiger partial charge in [-0.3, -0.25) is 0 Å². The van der Waals surface area contributed by atoms with Gasteiger partial charge in [0.15, 0.2) is 0 Å². The van der Waals surface area contributed by atoms with Gasteiger partial charge in [0.25, 0.3) is 0 Å². The molecule has 0 radical (unpaired) electrons. The molecule has 1 rings (SSSR count). The number of rotatable bonds is 8. The highest BCUT2D eigenvalue weighted by Gasteiger charge is 2.17. The zero-order valence-electron chi connectivity index (χ0n) is 11.4. The van der Waals surface area contributed by atoms with Gasteiger partial charge < -0.3 is 5.32 Å². The van der Waals surface area contributed by atoms with E-state index in [2.05, 4.69) is 23.9 Å². The molecule has 0 spiro atoms. The average molecular weight is 294 g/mol. The Hall–Kier alpha value is 0.220. The van der Waals surface area contributed by atoms with Crippen LogP contribution in [0.15, 0.2) is 0 Å². The lowest BCUT2D eigenvalue weighted by molar-refractivity contribution is 0.476. The maximum Gasteiger partial charge on any atom is 0.211 e. The molecule has 0 bridgehead atoms. The summed E-state index contributed by atoms with van der Waals surface area (Å²) in [6, 6.07) is 0.417. The van der Waals surface area contributed by atoms with Crippen molar-refractivity contribution < 1.29 is 8.42 Å². The van der Waals surface area contributed by atoms with Crippen LogP contribution in [0.1, 0.15) is 33.1 Å². The zero-order valence-corrected chi connectivity index (χ0v) is 13.1. The SMILES string of the molecule is CC(C)NCCCS(=O)(=O)NCC1CCSCC1. The fourth-order valence-electron chi connectivity index (χ4n) is 1.92. The molecule has 2 N–H and O–H groups in total. The Morgan fingerprint density at radius 3 is 2.56 bits per heavy atom. The standard InChI is InChI=1S/C12H26N2O2S2/c1-11(2)13-6-3-9-18(15,16)14-10-12-4-7-17-8-5-12/h11-14H,3-10H2,1-2H3. The third kappa shape index (κ3) is 7.61. The monoisotopic (exact) mass is 294 g/mol. The van der Waals surface area contributed by atoms with Crippen LogP contribution >= 0.6 is 11.8 Å². The molecule has 4 nitrogen and oxygen atoms in total. The van der Waals surface area contributed by atoms with E-state index in [9.17, 15) is 8.42 Å². The third-order valence-corrected chi connectivity index (χ3v) is 5.56. The lowest BCUT2D eigenvalue weighted by Crippen LogP contribution is -2.34. The summed E-state index contributed by atoms with van der Waals surface area (Å²) in [5.41, 5.74) is 0. The molecule has 1 heterocycles.